The number of nitrogens with zero attached hydrogens (tertiary/aromatic N) is 2. The predicted molar refractivity (Wildman–Crippen MR) is 83.4 cm³/mol. The van der Waals surface area contributed by atoms with Crippen LogP contribution in [0, 0.1) is 13.8 Å². The number of hydrogen-bond donors (Lipinski definition) is 0. The fraction of sp³-hybridized carbons (Fsp3) is 0.111. The smallest absolute Gasteiger partial charge is 0.196 e. The third kappa shape index (κ3) is 1.61. The highest BCUT2D eigenvalue weighted by molar-refractivity contribution is 5.95. The molecular formula is C18H15N2O+. The van der Waals surface area contributed by atoms with Crippen LogP contribution in [0.1, 0.15) is 11.1 Å². The van der Waals surface area contributed by atoms with Gasteiger partial charge in [-0.3, -0.25) is 0 Å². The SMILES string of the molecule is Cc1cccc(C)c1-[n+]1cc2cccc3ccn(c1=O)c32. The highest BCUT2D eigenvalue weighted by Gasteiger charge is 2.20. The van der Waals surface area contributed by atoms with Gasteiger partial charge in [-0.15, -0.1) is 0 Å². The van der Waals surface area contributed by atoms with E-state index in [1.54, 1.807) is 8.97 Å². The lowest BCUT2D eigenvalue weighted by atomic mass is 10.1. The van der Waals surface area contributed by atoms with Gasteiger partial charge in [0.2, 0.25) is 0 Å². The van der Waals surface area contributed by atoms with Crippen LogP contribution in [0.25, 0.3) is 22.0 Å². The van der Waals surface area contributed by atoms with E-state index in [9.17, 15) is 4.79 Å². The van der Waals surface area contributed by atoms with E-state index < -0.39 is 0 Å². The van der Waals surface area contributed by atoms with Crippen molar-refractivity contribution in [2.75, 3.05) is 0 Å². The molecule has 0 aliphatic heterocycles. The Balaban J connectivity index is 2.20. The molecule has 21 heavy (non-hydrogen) atoms. The van der Waals surface area contributed by atoms with Crippen molar-refractivity contribution in [2.24, 2.45) is 0 Å². The van der Waals surface area contributed by atoms with Crippen molar-refractivity contribution in [1.29, 1.82) is 0 Å². The van der Waals surface area contributed by atoms with Crippen LogP contribution in [-0.2, 0) is 0 Å². The molecule has 0 unspecified atom stereocenters. The Morgan fingerprint density at radius 3 is 2.33 bits per heavy atom. The van der Waals surface area contributed by atoms with Crippen molar-refractivity contribution in [3.63, 3.8) is 0 Å². The minimum Gasteiger partial charge on any atom is -0.196 e. The summed E-state index contributed by atoms with van der Waals surface area (Å²) in [6.45, 7) is 4.07. The molecule has 0 saturated heterocycles. The fourth-order valence-corrected chi connectivity index (χ4v) is 3.14. The third-order valence-electron chi connectivity index (χ3n) is 4.10. The van der Waals surface area contributed by atoms with Crippen LogP contribution in [0.5, 0.6) is 0 Å². The van der Waals surface area contributed by atoms with Crippen molar-refractivity contribution in [3.05, 3.63) is 76.5 Å². The van der Waals surface area contributed by atoms with Gasteiger partial charge in [-0.05, 0) is 37.1 Å². The van der Waals surface area contributed by atoms with Gasteiger partial charge in [-0.1, -0.05) is 30.3 Å². The van der Waals surface area contributed by atoms with E-state index in [2.05, 4.69) is 0 Å². The van der Waals surface area contributed by atoms with Crippen LogP contribution in [0.2, 0.25) is 0 Å². The fourth-order valence-electron chi connectivity index (χ4n) is 3.14. The summed E-state index contributed by atoms with van der Waals surface area (Å²) in [4.78, 5) is 12.8. The lowest BCUT2D eigenvalue weighted by Gasteiger charge is -2.07. The molecule has 0 radical (unpaired) electrons. The van der Waals surface area contributed by atoms with Gasteiger partial charge in [-0.2, -0.15) is 13.8 Å². The normalized spacial score (nSPS) is 11.5. The Bertz CT molecular complexity index is 1010. The molecule has 3 nitrogen and oxygen atoms in total. The largest absolute Gasteiger partial charge is 0.508 e. The van der Waals surface area contributed by atoms with E-state index in [4.69, 9.17) is 0 Å². The number of hydrogen-bond acceptors (Lipinski definition) is 1. The van der Waals surface area contributed by atoms with Crippen molar-refractivity contribution in [3.8, 4) is 5.69 Å². The molecule has 0 saturated carbocycles. The first-order valence-corrected chi connectivity index (χ1v) is 7.01. The van der Waals surface area contributed by atoms with Gasteiger partial charge in [0.05, 0.1) is 5.39 Å². The summed E-state index contributed by atoms with van der Waals surface area (Å²) in [5.41, 5.74) is 4.13. The molecular weight excluding hydrogens is 260 g/mol. The van der Waals surface area contributed by atoms with Gasteiger partial charge in [-0.25, -0.2) is 0 Å². The van der Waals surface area contributed by atoms with Crippen LogP contribution in [-0.4, -0.2) is 4.40 Å². The van der Waals surface area contributed by atoms with Crippen LogP contribution in [0.4, 0.5) is 0 Å². The molecule has 0 spiro atoms. The summed E-state index contributed by atoms with van der Waals surface area (Å²) in [6.07, 6.45) is 3.80. The summed E-state index contributed by atoms with van der Waals surface area (Å²) in [5.74, 6) is 0. The van der Waals surface area contributed by atoms with Crippen molar-refractivity contribution < 1.29 is 4.57 Å². The van der Waals surface area contributed by atoms with E-state index >= 15 is 0 Å². The Labute approximate surface area is 122 Å². The molecule has 0 bridgehead atoms. The zero-order valence-corrected chi connectivity index (χ0v) is 12.0. The molecule has 0 aliphatic rings. The molecule has 2 aromatic heterocycles. The van der Waals surface area contributed by atoms with E-state index in [-0.39, 0.29) is 5.69 Å². The molecule has 0 amide bonds. The molecule has 0 atom stereocenters. The molecule has 4 rings (SSSR count). The summed E-state index contributed by atoms with van der Waals surface area (Å²) >= 11 is 0. The van der Waals surface area contributed by atoms with Gasteiger partial charge in [0.15, 0.2) is 5.52 Å². The molecule has 2 aromatic carbocycles. The van der Waals surface area contributed by atoms with Crippen LogP contribution < -0.4 is 10.3 Å². The first-order valence-electron chi connectivity index (χ1n) is 7.01. The first kappa shape index (κ1) is 12.1. The number of benzene rings is 2. The summed E-state index contributed by atoms with van der Waals surface area (Å²) in [6, 6.07) is 14.2. The molecule has 0 aliphatic carbocycles. The zero-order valence-electron chi connectivity index (χ0n) is 12.0. The van der Waals surface area contributed by atoms with E-state index in [0.717, 1.165) is 33.1 Å². The summed E-state index contributed by atoms with van der Waals surface area (Å²) < 4.78 is 3.49. The molecule has 0 N–H and O–H groups in total. The van der Waals surface area contributed by atoms with Gasteiger partial charge < -0.3 is 0 Å². The highest BCUT2D eigenvalue weighted by atomic mass is 16.1. The summed E-state index contributed by atoms with van der Waals surface area (Å²) in [7, 11) is 0. The summed E-state index contributed by atoms with van der Waals surface area (Å²) in [5, 5.41) is 2.16. The number of aryl methyl sites for hydroxylation is 2. The third-order valence-corrected chi connectivity index (χ3v) is 4.10. The van der Waals surface area contributed by atoms with E-state index in [1.165, 1.54) is 0 Å². The Hall–Kier alpha value is -2.68. The topological polar surface area (TPSA) is 25.4 Å². The molecule has 0 fully saturated rings. The van der Waals surface area contributed by atoms with E-state index in [1.807, 2.05) is 68.7 Å². The van der Waals surface area contributed by atoms with Gasteiger partial charge in [0.1, 0.15) is 18.1 Å². The van der Waals surface area contributed by atoms with Gasteiger partial charge >= 0.3 is 5.69 Å². The lowest BCUT2D eigenvalue weighted by Crippen LogP contribution is -2.51. The van der Waals surface area contributed by atoms with E-state index in [0.29, 0.717) is 0 Å². The maximum Gasteiger partial charge on any atom is 0.508 e. The lowest BCUT2D eigenvalue weighted by molar-refractivity contribution is -0.615. The Kier molecular flexibility index (Phi) is 2.39. The van der Waals surface area contributed by atoms with Crippen molar-refractivity contribution >= 4 is 16.3 Å². The van der Waals surface area contributed by atoms with Gasteiger partial charge in [0, 0.05) is 5.39 Å². The second kappa shape index (κ2) is 4.16. The quantitative estimate of drug-likeness (QED) is 0.490. The standard InChI is InChI=1S/C18H15N2O/c1-12-5-3-6-13(2)16(12)20-11-15-8-4-7-14-9-10-19(17(14)15)18(20)21/h3-11H,1-2H3/q+1. The monoisotopic (exact) mass is 275 g/mol. The van der Waals surface area contributed by atoms with Crippen molar-refractivity contribution in [1.82, 2.24) is 4.40 Å². The second-order valence-corrected chi connectivity index (χ2v) is 5.49. The minimum absolute atomic E-state index is 0.0268. The number of rotatable bonds is 1. The molecule has 102 valence electrons. The maximum atomic E-state index is 12.8. The first-order chi connectivity index (χ1) is 10.2. The zero-order chi connectivity index (χ0) is 14.6. The highest BCUT2D eigenvalue weighted by Crippen LogP contribution is 2.20. The predicted octanol–water partition coefficient (Wildman–Crippen LogP) is 2.78. The van der Waals surface area contributed by atoms with Crippen LogP contribution >= 0.6 is 0 Å². The molecule has 3 heteroatoms. The molecule has 2 heterocycles. The van der Waals surface area contributed by atoms with Crippen LogP contribution in [0.15, 0.2) is 59.7 Å². The second-order valence-electron chi connectivity index (χ2n) is 5.49. The molecule has 4 aromatic rings. The number of para-hydroxylation sites is 2. The Morgan fingerprint density at radius 1 is 0.905 bits per heavy atom. The van der Waals surface area contributed by atoms with Gasteiger partial charge in [0.25, 0.3) is 0 Å². The Morgan fingerprint density at radius 2 is 1.57 bits per heavy atom. The minimum atomic E-state index is -0.0268. The van der Waals surface area contributed by atoms with Crippen LogP contribution in [0.3, 0.4) is 0 Å². The number of aromatic nitrogens is 2. The average Bonchev–Trinajstić information content (AvgIpc) is 2.89. The average molecular weight is 275 g/mol. The van der Waals surface area contributed by atoms with Crippen molar-refractivity contribution in [2.45, 2.75) is 13.8 Å². The maximum absolute atomic E-state index is 12.8.